The number of Topliss-reactive ketones (excluding diaryl/α,β-unsaturated/α-hetero) is 1. The lowest BCUT2D eigenvalue weighted by molar-refractivity contribution is -0.124. The molecule has 158 valence electrons. The third-order valence-electron chi connectivity index (χ3n) is 4.71. The van der Waals surface area contributed by atoms with E-state index < -0.39 is 18.5 Å². The van der Waals surface area contributed by atoms with Crippen LogP contribution in [0.4, 0.5) is 0 Å². The number of carbonyl (C=O) groups excluding carboxylic acids is 3. The predicted molar refractivity (Wildman–Crippen MR) is 117 cm³/mol. The molecule has 0 fully saturated rings. The molecular formula is C24H23N3O4. The first kappa shape index (κ1) is 21.7. The summed E-state index contributed by atoms with van der Waals surface area (Å²) in [5.41, 5.74) is 6.40. The number of nitrogens with zero attached hydrogens (tertiary/aromatic N) is 1. The summed E-state index contributed by atoms with van der Waals surface area (Å²) >= 11 is 0. The van der Waals surface area contributed by atoms with Crippen LogP contribution in [0.2, 0.25) is 0 Å². The van der Waals surface area contributed by atoms with E-state index in [4.69, 9.17) is 4.74 Å². The maximum Gasteiger partial charge on any atom is 0.355 e. The molecule has 7 heteroatoms. The molecule has 3 aromatic rings. The average molecular weight is 417 g/mol. The molecular weight excluding hydrogens is 394 g/mol. The van der Waals surface area contributed by atoms with Crippen LogP contribution in [0.5, 0.6) is 0 Å². The summed E-state index contributed by atoms with van der Waals surface area (Å²) < 4.78 is 5.10. The van der Waals surface area contributed by atoms with Crippen LogP contribution >= 0.6 is 0 Å². The number of nitrogens with one attached hydrogen (secondary N) is 2. The van der Waals surface area contributed by atoms with Gasteiger partial charge in [-0.25, -0.2) is 10.2 Å². The molecule has 0 radical (unpaired) electrons. The van der Waals surface area contributed by atoms with E-state index >= 15 is 0 Å². The van der Waals surface area contributed by atoms with Crippen molar-refractivity contribution in [3.8, 4) is 0 Å². The summed E-state index contributed by atoms with van der Waals surface area (Å²) in [5.74, 6) is -1.43. The van der Waals surface area contributed by atoms with Crippen molar-refractivity contribution in [2.45, 2.75) is 20.8 Å². The number of hydrogen-bond donors (Lipinski definition) is 2. The molecule has 3 rings (SSSR count). The monoisotopic (exact) mass is 417 g/mol. The van der Waals surface area contributed by atoms with E-state index in [1.165, 1.54) is 6.92 Å². The van der Waals surface area contributed by atoms with Gasteiger partial charge in [0.25, 0.3) is 5.91 Å². The SMILES string of the molecule is CC(=O)c1c(C)[nH]c(C(=O)OCC(=O)NN=C(c2ccccc2)c2ccccc2)c1C. The van der Waals surface area contributed by atoms with Crippen molar-refractivity contribution in [3.63, 3.8) is 0 Å². The van der Waals surface area contributed by atoms with Crippen molar-refractivity contribution in [2.75, 3.05) is 6.61 Å². The second-order valence-corrected chi connectivity index (χ2v) is 6.98. The fourth-order valence-electron chi connectivity index (χ4n) is 3.32. The highest BCUT2D eigenvalue weighted by Crippen LogP contribution is 2.19. The quantitative estimate of drug-likeness (QED) is 0.266. The zero-order valence-corrected chi connectivity index (χ0v) is 17.6. The van der Waals surface area contributed by atoms with E-state index in [1.807, 2.05) is 60.7 Å². The highest BCUT2D eigenvalue weighted by molar-refractivity contribution is 6.13. The zero-order chi connectivity index (χ0) is 22.4. The van der Waals surface area contributed by atoms with Crippen molar-refractivity contribution >= 4 is 23.4 Å². The molecule has 0 saturated heterocycles. The minimum atomic E-state index is -0.710. The molecule has 1 amide bonds. The lowest BCUT2D eigenvalue weighted by Crippen LogP contribution is -2.26. The molecule has 1 heterocycles. The molecule has 0 saturated carbocycles. The number of hydrogen-bond acceptors (Lipinski definition) is 5. The maximum absolute atomic E-state index is 12.4. The Balaban J connectivity index is 1.70. The Labute approximate surface area is 180 Å². The summed E-state index contributed by atoms with van der Waals surface area (Å²) in [6.45, 7) is 4.29. The third kappa shape index (κ3) is 5.14. The topological polar surface area (TPSA) is 101 Å². The Morgan fingerprint density at radius 2 is 1.48 bits per heavy atom. The Hall–Kier alpha value is -4.00. The Kier molecular flexibility index (Phi) is 6.77. The number of benzene rings is 2. The minimum absolute atomic E-state index is 0.147. The second kappa shape index (κ2) is 9.67. The predicted octanol–water partition coefficient (Wildman–Crippen LogP) is 3.56. The molecule has 0 aliphatic heterocycles. The van der Waals surface area contributed by atoms with Gasteiger partial charge in [-0.05, 0) is 26.3 Å². The Morgan fingerprint density at radius 1 is 0.935 bits per heavy atom. The number of ether oxygens (including phenoxy) is 1. The highest BCUT2D eigenvalue weighted by Gasteiger charge is 2.21. The molecule has 2 N–H and O–H groups in total. The van der Waals surface area contributed by atoms with Crippen molar-refractivity contribution in [3.05, 3.63) is 94.3 Å². The van der Waals surface area contributed by atoms with Gasteiger partial charge in [-0.3, -0.25) is 9.59 Å². The van der Waals surface area contributed by atoms with Gasteiger partial charge in [0.15, 0.2) is 12.4 Å². The van der Waals surface area contributed by atoms with E-state index in [-0.39, 0.29) is 11.5 Å². The highest BCUT2D eigenvalue weighted by atomic mass is 16.5. The first-order valence-electron chi connectivity index (χ1n) is 9.73. The van der Waals surface area contributed by atoms with Gasteiger partial charge in [-0.2, -0.15) is 5.10 Å². The average Bonchev–Trinajstić information content (AvgIpc) is 3.08. The van der Waals surface area contributed by atoms with Crippen LogP contribution in [0.1, 0.15) is 50.2 Å². The molecule has 7 nitrogen and oxygen atoms in total. The fraction of sp³-hybridized carbons (Fsp3) is 0.167. The number of ketones is 1. The smallest absolute Gasteiger partial charge is 0.355 e. The van der Waals surface area contributed by atoms with Crippen LogP contribution in [-0.2, 0) is 9.53 Å². The lowest BCUT2D eigenvalue weighted by Gasteiger charge is -2.08. The molecule has 0 aliphatic rings. The number of H-pyrrole nitrogens is 1. The van der Waals surface area contributed by atoms with Gasteiger partial charge in [0, 0.05) is 22.4 Å². The summed E-state index contributed by atoms with van der Waals surface area (Å²) in [5, 5.41) is 4.25. The zero-order valence-electron chi connectivity index (χ0n) is 17.6. The number of aromatic amines is 1. The standard InChI is InChI=1S/C24H23N3O4/c1-15-21(17(3)28)16(2)25-22(15)24(30)31-14-20(29)26-27-23(18-10-6-4-7-11-18)19-12-8-5-9-13-19/h4-13,25H,14H2,1-3H3,(H,26,29). The van der Waals surface area contributed by atoms with Crippen molar-refractivity contribution in [1.82, 2.24) is 10.4 Å². The Morgan fingerprint density at radius 3 is 1.97 bits per heavy atom. The van der Waals surface area contributed by atoms with Crippen LogP contribution in [0.3, 0.4) is 0 Å². The largest absolute Gasteiger partial charge is 0.451 e. The summed E-state index contributed by atoms with van der Waals surface area (Å²) in [6, 6.07) is 18.9. The van der Waals surface area contributed by atoms with Gasteiger partial charge in [-0.15, -0.1) is 0 Å². The lowest BCUT2D eigenvalue weighted by atomic mass is 10.0. The van der Waals surface area contributed by atoms with Crippen LogP contribution in [0.15, 0.2) is 65.8 Å². The number of hydrazone groups is 1. The first-order valence-corrected chi connectivity index (χ1v) is 9.73. The number of aryl methyl sites for hydroxylation is 1. The van der Waals surface area contributed by atoms with E-state index in [9.17, 15) is 14.4 Å². The number of rotatable bonds is 7. The first-order chi connectivity index (χ1) is 14.9. The van der Waals surface area contributed by atoms with Gasteiger partial charge in [0.1, 0.15) is 5.69 Å². The minimum Gasteiger partial charge on any atom is -0.451 e. The number of aromatic nitrogens is 1. The van der Waals surface area contributed by atoms with Crippen LogP contribution in [-0.4, -0.2) is 35.0 Å². The molecule has 1 aromatic heterocycles. The van der Waals surface area contributed by atoms with E-state index in [2.05, 4.69) is 15.5 Å². The van der Waals surface area contributed by atoms with Gasteiger partial charge < -0.3 is 9.72 Å². The molecule has 0 unspecified atom stereocenters. The molecule has 0 spiro atoms. The summed E-state index contributed by atoms with van der Waals surface area (Å²) in [7, 11) is 0. The van der Waals surface area contributed by atoms with Crippen LogP contribution in [0, 0.1) is 13.8 Å². The molecule has 2 aromatic carbocycles. The molecule has 0 bridgehead atoms. The van der Waals surface area contributed by atoms with Gasteiger partial charge in [0.05, 0.1) is 5.71 Å². The van der Waals surface area contributed by atoms with Crippen LogP contribution < -0.4 is 5.43 Å². The van der Waals surface area contributed by atoms with Crippen molar-refractivity contribution in [1.29, 1.82) is 0 Å². The number of amides is 1. The van der Waals surface area contributed by atoms with Gasteiger partial charge in [-0.1, -0.05) is 60.7 Å². The van der Waals surface area contributed by atoms with Crippen molar-refractivity contribution in [2.24, 2.45) is 5.10 Å². The van der Waals surface area contributed by atoms with E-state index in [0.717, 1.165) is 11.1 Å². The fourth-order valence-corrected chi connectivity index (χ4v) is 3.32. The van der Waals surface area contributed by atoms with Gasteiger partial charge in [0.2, 0.25) is 0 Å². The molecule has 31 heavy (non-hydrogen) atoms. The summed E-state index contributed by atoms with van der Waals surface area (Å²) in [4.78, 5) is 39.2. The third-order valence-corrected chi connectivity index (χ3v) is 4.71. The normalized spacial score (nSPS) is 10.3. The van der Waals surface area contributed by atoms with E-state index in [1.54, 1.807) is 13.8 Å². The molecule has 0 aliphatic carbocycles. The van der Waals surface area contributed by atoms with Gasteiger partial charge >= 0.3 is 5.97 Å². The Bertz CT molecular complexity index is 1090. The number of esters is 1. The maximum atomic E-state index is 12.4. The van der Waals surface area contributed by atoms with E-state index in [0.29, 0.717) is 22.5 Å². The van der Waals surface area contributed by atoms with Crippen LogP contribution in [0.25, 0.3) is 0 Å². The number of carbonyl (C=O) groups is 3. The summed E-state index contributed by atoms with van der Waals surface area (Å²) in [6.07, 6.45) is 0. The molecule has 0 atom stereocenters. The second-order valence-electron chi connectivity index (χ2n) is 6.98. The van der Waals surface area contributed by atoms with Crippen molar-refractivity contribution < 1.29 is 19.1 Å².